The predicted octanol–water partition coefficient (Wildman–Crippen LogP) is 0.888. The molecule has 0 bridgehead atoms. The largest absolute Gasteiger partial charge is 0.355 e. The summed E-state index contributed by atoms with van der Waals surface area (Å²) in [6.45, 7) is 5.43. The van der Waals surface area contributed by atoms with E-state index in [2.05, 4.69) is 19.2 Å². The number of nitrogens with one attached hydrogen (secondary N) is 1. The van der Waals surface area contributed by atoms with Gasteiger partial charge in [0, 0.05) is 12.5 Å². The number of amides is 1. The van der Waals surface area contributed by atoms with Crippen molar-refractivity contribution in [3.8, 4) is 0 Å². The maximum atomic E-state index is 11.4. The average Bonchev–Trinajstić information content (AvgIpc) is 1.98. The zero-order valence-electron chi connectivity index (χ0n) is 8.60. The lowest BCUT2D eigenvalue weighted by atomic mass is 9.84. The fraction of sp³-hybridized carbons (Fsp3) is 0.900. The van der Waals surface area contributed by atoms with Crippen LogP contribution in [0, 0.1) is 11.3 Å². The van der Waals surface area contributed by atoms with Gasteiger partial charge in [0.2, 0.25) is 5.91 Å². The topological polar surface area (TPSA) is 55.1 Å². The van der Waals surface area contributed by atoms with Crippen molar-refractivity contribution >= 4 is 5.91 Å². The van der Waals surface area contributed by atoms with Crippen molar-refractivity contribution in [3.05, 3.63) is 0 Å². The maximum absolute atomic E-state index is 11.4. The van der Waals surface area contributed by atoms with Gasteiger partial charge in [0.15, 0.2) is 0 Å². The lowest BCUT2D eigenvalue weighted by molar-refractivity contribution is -0.127. The van der Waals surface area contributed by atoms with Gasteiger partial charge in [-0.3, -0.25) is 4.79 Å². The molecule has 13 heavy (non-hydrogen) atoms. The lowest BCUT2D eigenvalue weighted by Crippen LogP contribution is -2.42. The Bertz CT molecular complexity index is 185. The Kier molecular flexibility index (Phi) is 3.31. The Morgan fingerprint density at radius 3 is 2.54 bits per heavy atom. The number of hydrogen-bond acceptors (Lipinski definition) is 2. The van der Waals surface area contributed by atoms with Crippen molar-refractivity contribution in [2.45, 2.75) is 33.1 Å². The molecule has 0 aromatic rings. The van der Waals surface area contributed by atoms with Crippen molar-refractivity contribution in [1.29, 1.82) is 0 Å². The van der Waals surface area contributed by atoms with E-state index in [0.29, 0.717) is 13.1 Å². The second-order valence-corrected chi connectivity index (χ2v) is 4.71. The first-order valence-corrected chi connectivity index (χ1v) is 5.03. The molecule has 1 fully saturated rings. The summed E-state index contributed by atoms with van der Waals surface area (Å²) in [5, 5.41) is 2.96. The standard InChI is InChI=1S/C10H20N2O/c1-10(2,6-11)7-12-9(13)8-4-3-5-8/h8H,3-7,11H2,1-2H3,(H,12,13). The molecule has 0 saturated heterocycles. The molecule has 0 aromatic heterocycles. The van der Waals surface area contributed by atoms with Gasteiger partial charge in [-0.1, -0.05) is 20.3 Å². The zero-order chi connectivity index (χ0) is 9.90. The first-order valence-electron chi connectivity index (χ1n) is 5.03. The predicted molar refractivity (Wildman–Crippen MR) is 53.2 cm³/mol. The van der Waals surface area contributed by atoms with Gasteiger partial charge in [-0.25, -0.2) is 0 Å². The minimum atomic E-state index is 0.0272. The maximum Gasteiger partial charge on any atom is 0.223 e. The second-order valence-electron chi connectivity index (χ2n) is 4.71. The highest BCUT2D eigenvalue weighted by molar-refractivity contribution is 5.79. The van der Waals surface area contributed by atoms with Crippen molar-refractivity contribution in [2.24, 2.45) is 17.1 Å². The fourth-order valence-corrected chi connectivity index (χ4v) is 1.21. The molecule has 3 heteroatoms. The summed E-state index contributed by atoms with van der Waals surface area (Å²) in [4.78, 5) is 11.4. The summed E-state index contributed by atoms with van der Waals surface area (Å²) >= 11 is 0. The summed E-state index contributed by atoms with van der Waals surface area (Å²) in [6, 6.07) is 0. The van der Waals surface area contributed by atoms with E-state index in [4.69, 9.17) is 5.73 Å². The normalized spacial score (nSPS) is 18.1. The van der Waals surface area contributed by atoms with Gasteiger partial charge in [0.25, 0.3) is 0 Å². The average molecular weight is 184 g/mol. The zero-order valence-corrected chi connectivity index (χ0v) is 8.60. The first kappa shape index (κ1) is 10.5. The molecule has 76 valence electrons. The smallest absolute Gasteiger partial charge is 0.223 e. The van der Waals surface area contributed by atoms with Crippen molar-refractivity contribution in [2.75, 3.05) is 13.1 Å². The fourth-order valence-electron chi connectivity index (χ4n) is 1.21. The molecule has 3 N–H and O–H groups in total. The molecule has 1 rings (SSSR count). The molecule has 1 aliphatic carbocycles. The number of hydrogen-bond donors (Lipinski definition) is 2. The number of carbonyl (C=O) groups excluding carboxylic acids is 1. The minimum absolute atomic E-state index is 0.0272. The molecular formula is C10H20N2O. The minimum Gasteiger partial charge on any atom is -0.355 e. The molecule has 0 unspecified atom stereocenters. The summed E-state index contributed by atoms with van der Waals surface area (Å²) in [5.74, 6) is 0.501. The Balaban J connectivity index is 2.21. The molecule has 0 aliphatic heterocycles. The van der Waals surface area contributed by atoms with Gasteiger partial charge in [0.05, 0.1) is 0 Å². The van der Waals surface area contributed by atoms with E-state index in [1.807, 2.05) is 0 Å². The second kappa shape index (κ2) is 4.09. The Labute approximate surface area is 80.1 Å². The van der Waals surface area contributed by atoms with E-state index < -0.39 is 0 Å². The highest BCUT2D eigenvalue weighted by Crippen LogP contribution is 2.26. The third kappa shape index (κ3) is 2.99. The van der Waals surface area contributed by atoms with Crippen LogP contribution < -0.4 is 11.1 Å². The molecule has 3 nitrogen and oxygen atoms in total. The molecular weight excluding hydrogens is 164 g/mol. The van der Waals surface area contributed by atoms with Gasteiger partial charge in [-0.15, -0.1) is 0 Å². The first-order chi connectivity index (χ1) is 6.05. The molecule has 0 heterocycles. The molecule has 0 atom stereocenters. The van der Waals surface area contributed by atoms with E-state index in [1.54, 1.807) is 0 Å². The van der Waals surface area contributed by atoms with E-state index >= 15 is 0 Å². The van der Waals surface area contributed by atoms with Gasteiger partial charge < -0.3 is 11.1 Å². The van der Waals surface area contributed by atoms with E-state index in [9.17, 15) is 4.79 Å². The molecule has 0 spiro atoms. The van der Waals surface area contributed by atoms with Crippen LogP contribution in [0.4, 0.5) is 0 Å². The van der Waals surface area contributed by atoms with Crippen LogP contribution in [0.15, 0.2) is 0 Å². The Morgan fingerprint density at radius 1 is 1.54 bits per heavy atom. The molecule has 1 saturated carbocycles. The Morgan fingerprint density at radius 2 is 2.15 bits per heavy atom. The lowest BCUT2D eigenvalue weighted by Gasteiger charge is -2.28. The number of nitrogens with two attached hydrogens (primary N) is 1. The highest BCUT2D eigenvalue weighted by Gasteiger charge is 2.26. The molecule has 0 aromatic carbocycles. The van der Waals surface area contributed by atoms with Crippen molar-refractivity contribution in [1.82, 2.24) is 5.32 Å². The third-order valence-corrected chi connectivity index (χ3v) is 2.77. The van der Waals surface area contributed by atoms with Crippen LogP contribution in [0.5, 0.6) is 0 Å². The SMILES string of the molecule is CC(C)(CN)CNC(=O)C1CCC1. The summed E-state index contributed by atoms with van der Waals surface area (Å²) in [7, 11) is 0. The Hall–Kier alpha value is -0.570. The van der Waals surface area contributed by atoms with Crippen molar-refractivity contribution in [3.63, 3.8) is 0 Å². The molecule has 1 aliphatic rings. The summed E-state index contributed by atoms with van der Waals surface area (Å²) in [5.41, 5.74) is 5.59. The molecule has 1 amide bonds. The van der Waals surface area contributed by atoms with Crippen LogP contribution in [0.2, 0.25) is 0 Å². The van der Waals surface area contributed by atoms with Crippen LogP contribution in [0.25, 0.3) is 0 Å². The van der Waals surface area contributed by atoms with Gasteiger partial charge >= 0.3 is 0 Å². The van der Waals surface area contributed by atoms with Crippen molar-refractivity contribution < 1.29 is 4.79 Å². The van der Waals surface area contributed by atoms with Crippen LogP contribution in [0.3, 0.4) is 0 Å². The van der Waals surface area contributed by atoms with Crippen LogP contribution >= 0.6 is 0 Å². The van der Waals surface area contributed by atoms with Crippen LogP contribution in [-0.4, -0.2) is 19.0 Å². The number of rotatable bonds is 4. The van der Waals surface area contributed by atoms with E-state index in [0.717, 1.165) is 12.8 Å². The van der Waals surface area contributed by atoms with Gasteiger partial charge in [-0.05, 0) is 24.8 Å². The summed E-state index contributed by atoms with van der Waals surface area (Å²) < 4.78 is 0. The molecule has 0 radical (unpaired) electrons. The summed E-state index contributed by atoms with van der Waals surface area (Å²) in [6.07, 6.45) is 3.34. The van der Waals surface area contributed by atoms with Gasteiger partial charge in [0.1, 0.15) is 0 Å². The van der Waals surface area contributed by atoms with E-state index in [-0.39, 0.29) is 17.2 Å². The third-order valence-electron chi connectivity index (χ3n) is 2.77. The quantitative estimate of drug-likeness (QED) is 0.681. The number of carbonyl (C=O) groups is 1. The highest BCUT2D eigenvalue weighted by atomic mass is 16.1. The van der Waals surface area contributed by atoms with Crippen LogP contribution in [-0.2, 0) is 4.79 Å². The monoisotopic (exact) mass is 184 g/mol. The van der Waals surface area contributed by atoms with Gasteiger partial charge in [-0.2, -0.15) is 0 Å². The van der Waals surface area contributed by atoms with E-state index in [1.165, 1.54) is 6.42 Å². The van der Waals surface area contributed by atoms with Crippen LogP contribution in [0.1, 0.15) is 33.1 Å².